The summed E-state index contributed by atoms with van der Waals surface area (Å²) >= 11 is 0. The van der Waals surface area contributed by atoms with E-state index in [4.69, 9.17) is 14.6 Å². The van der Waals surface area contributed by atoms with Gasteiger partial charge in [0.15, 0.2) is 0 Å². The maximum atomic E-state index is 13.4. The molecule has 1 saturated heterocycles. The molecule has 0 aromatic heterocycles. The van der Waals surface area contributed by atoms with Crippen LogP contribution in [0.4, 0.5) is 23.7 Å². The molecule has 270 valence electrons. The zero-order valence-electron chi connectivity index (χ0n) is 27.8. The SMILES string of the molecule is CC(C)(C)COC(=O)c1ccc(NC(=O)N[C@@H](Cc2ccc(O)cc2)C(=O)NC2CCN(Cc3ccc(O)cc3)C2)cc1.O=C(O)C(F)(F)F. The van der Waals surface area contributed by atoms with Crippen molar-refractivity contribution in [1.82, 2.24) is 15.5 Å². The summed E-state index contributed by atoms with van der Waals surface area (Å²) in [6, 6.07) is 18.4. The number of urea groups is 1. The van der Waals surface area contributed by atoms with Crippen molar-refractivity contribution in [3.8, 4) is 11.5 Å². The molecule has 0 spiro atoms. The van der Waals surface area contributed by atoms with Crippen LogP contribution in [0.3, 0.4) is 0 Å². The normalized spacial score (nSPS) is 15.2. The number of halogens is 3. The van der Waals surface area contributed by atoms with Gasteiger partial charge in [-0.15, -0.1) is 0 Å². The standard InChI is InChI=1S/C33H40N4O6.C2HF3O2/c1-33(2,3)21-43-31(41)24-8-10-25(11-9-24)35-32(42)36-29(18-22-4-12-27(38)13-5-22)30(40)34-26-16-17-37(20-26)19-23-6-14-28(39)15-7-23;3-2(4,5)1(6)7/h4-15,26,29,38-39H,16-21H2,1-3H3,(H,34,40)(H2,35,36,42);(H,6,7)/t26?,29-;/m0./s1. The van der Waals surface area contributed by atoms with Crippen LogP contribution in [-0.2, 0) is 27.3 Å². The summed E-state index contributed by atoms with van der Waals surface area (Å²) in [4.78, 5) is 49.8. The molecule has 15 heteroatoms. The number of rotatable bonds is 10. The predicted molar refractivity (Wildman–Crippen MR) is 178 cm³/mol. The minimum Gasteiger partial charge on any atom is -0.508 e. The van der Waals surface area contributed by atoms with E-state index in [0.29, 0.717) is 24.3 Å². The van der Waals surface area contributed by atoms with Gasteiger partial charge in [0, 0.05) is 37.8 Å². The number of esters is 1. The topological polar surface area (TPSA) is 178 Å². The number of carboxylic acids is 1. The number of carbonyl (C=O) groups excluding carboxylic acids is 3. The fourth-order valence-corrected chi connectivity index (χ4v) is 4.71. The summed E-state index contributed by atoms with van der Waals surface area (Å²) < 4.78 is 37.1. The van der Waals surface area contributed by atoms with Gasteiger partial charge < -0.3 is 36.0 Å². The van der Waals surface area contributed by atoms with Crippen LogP contribution in [0.2, 0.25) is 0 Å². The van der Waals surface area contributed by atoms with Crippen molar-refractivity contribution in [3.63, 3.8) is 0 Å². The van der Waals surface area contributed by atoms with E-state index in [1.807, 2.05) is 32.9 Å². The first-order chi connectivity index (χ1) is 23.4. The summed E-state index contributed by atoms with van der Waals surface area (Å²) in [5, 5.41) is 34.9. The van der Waals surface area contributed by atoms with Gasteiger partial charge in [0.1, 0.15) is 17.5 Å². The molecular weight excluding hydrogens is 661 g/mol. The van der Waals surface area contributed by atoms with E-state index >= 15 is 0 Å². The van der Waals surface area contributed by atoms with Crippen LogP contribution in [0.25, 0.3) is 0 Å². The van der Waals surface area contributed by atoms with E-state index in [-0.39, 0.29) is 41.9 Å². The predicted octanol–water partition coefficient (Wildman–Crippen LogP) is 5.06. The minimum absolute atomic E-state index is 0.0811. The van der Waals surface area contributed by atoms with E-state index in [1.54, 1.807) is 48.5 Å². The lowest BCUT2D eigenvalue weighted by Gasteiger charge is -2.22. The number of nitrogens with one attached hydrogen (secondary N) is 3. The number of likely N-dealkylation sites (tertiary alicyclic amines) is 1. The van der Waals surface area contributed by atoms with Gasteiger partial charge in [-0.2, -0.15) is 13.2 Å². The fraction of sp³-hybridized carbons (Fsp3) is 0.371. The Labute approximate surface area is 287 Å². The Balaban J connectivity index is 0.000000872. The molecule has 12 nitrogen and oxygen atoms in total. The molecule has 6 N–H and O–H groups in total. The molecule has 0 bridgehead atoms. The lowest BCUT2D eigenvalue weighted by atomic mass is 9.99. The van der Waals surface area contributed by atoms with Crippen molar-refractivity contribution >= 4 is 29.6 Å². The van der Waals surface area contributed by atoms with Crippen molar-refractivity contribution < 1.29 is 52.4 Å². The highest BCUT2D eigenvalue weighted by Crippen LogP contribution is 2.19. The second kappa shape index (κ2) is 17.4. The van der Waals surface area contributed by atoms with Crippen LogP contribution >= 0.6 is 0 Å². The van der Waals surface area contributed by atoms with Gasteiger partial charge in [0.25, 0.3) is 0 Å². The zero-order valence-corrected chi connectivity index (χ0v) is 27.8. The maximum absolute atomic E-state index is 13.4. The fourth-order valence-electron chi connectivity index (χ4n) is 4.71. The second-order valence-corrected chi connectivity index (χ2v) is 12.9. The van der Waals surface area contributed by atoms with Crippen molar-refractivity contribution in [2.45, 2.75) is 58.4 Å². The molecule has 4 rings (SSSR count). The third kappa shape index (κ3) is 13.7. The number of anilines is 1. The molecule has 0 radical (unpaired) electrons. The Bertz CT molecular complexity index is 1590. The molecule has 0 saturated carbocycles. The van der Waals surface area contributed by atoms with Gasteiger partial charge in [0.2, 0.25) is 5.91 Å². The van der Waals surface area contributed by atoms with Gasteiger partial charge in [-0.1, -0.05) is 45.0 Å². The Morgan fingerprint density at radius 3 is 1.94 bits per heavy atom. The third-order valence-corrected chi connectivity index (χ3v) is 7.22. The van der Waals surface area contributed by atoms with Gasteiger partial charge in [-0.3, -0.25) is 9.69 Å². The number of nitrogens with zero attached hydrogens (tertiary/aromatic N) is 1. The van der Waals surface area contributed by atoms with E-state index in [0.717, 1.165) is 24.1 Å². The molecule has 3 amide bonds. The monoisotopic (exact) mass is 702 g/mol. The number of hydrogen-bond acceptors (Lipinski definition) is 8. The average molecular weight is 703 g/mol. The van der Waals surface area contributed by atoms with Crippen molar-refractivity contribution in [1.29, 1.82) is 0 Å². The zero-order chi connectivity index (χ0) is 37.1. The molecule has 3 aromatic rings. The number of ether oxygens (including phenoxy) is 1. The summed E-state index contributed by atoms with van der Waals surface area (Å²) in [6.07, 6.45) is -4.09. The molecule has 1 fully saturated rings. The average Bonchev–Trinajstić information content (AvgIpc) is 3.47. The van der Waals surface area contributed by atoms with E-state index in [9.17, 15) is 37.8 Å². The highest BCUT2D eigenvalue weighted by Gasteiger charge is 2.38. The number of phenolic OH excluding ortho intramolecular Hbond substituents is 2. The summed E-state index contributed by atoms with van der Waals surface area (Å²) in [5.41, 5.74) is 2.52. The van der Waals surface area contributed by atoms with Crippen molar-refractivity contribution in [2.24, 2.45) is 5.41 Å². The second-order valence-electron chi connectivity index (χ2n) is 12.9. The van der Waals surface area contributed by atoms with Crippen LogP contribution in [0.15, 0.2) is 72.8 Å². The quantitative estimate of drug-likeness (QED) is 0.158. The van der Waals surface area contributed by atoms with Crippen LogP contribution in [0.1, 0.15) is 48.7 Å². The maximum Gasteiger partial charge on any atom is 0.490 e. The van der Waals surface area contributed by atoms with Gasteiger partial charge in [-0.05, 0) is 71.5 Å². The number of amides is 3. The van der Waals surface area contributed by atoms with E-state index in [1.165, 1.54) is 12.1 Å². The first-order valence-electron chi connectivity index (χ1n) is 15.6. The molecule has 1 aliphatic rings. The lowest BCUT2D eigenvalue weighted by Crippen LogP contribution is -2.52. The van der Waals surface area contributed by atoms with Gasteiger partial charge in [0.05, 0.1) is 12.2 Å². The first kappa shape index (κ1) is 39.1. The largest absolute Gasteiger partial charge is 0.508 e. The Morgan fingerprint density at radius 1 is 0.880 bits per heavy atom. The van der Waals surface area contributed by atoms with E-state index in [2.05, 4.69) is 20.9 Å². The summed E-state index contributed by atoms with van der Waals surface area (Å²) in [7, 11) is 0. The Kier molecular flexibility index (Phi) is 13.6. The third-order valence-electron chi connectivity index (χ3n) is 7.22. The molecule has 1 unspecified atom stereocenters. The molecule has 2 atom stereocenters. The molecule has 0 aliphatic carbocycles. The summed E-state index contributed by atoms with van der Waals surface area (Å²) in [6.45, 7) is 8.39. The first-order valence-corrected chi connectivity index (χ1v) is 15.6. The lowest BCUT2D eigenvalue weighted by molar-refractivity contribution is -0.192. The van der Waals surface area contributed by atoms with Gasteiger partial charge in [-0.25, -0.2) is 14.4 Å². The number of carbonyl (C=O) groups is 4. The number of hydrogen-bond donors (Lipinski definition) is 6. The highest BCUT2D eigenvalue weighted by molar-refractivity contribution is 5.95. The van der Waals surface area contributed by atoms with Crippen LogP contribution < -0.4 is 16.0 Å². The van der Waals surface area contributed by atoms with Crippen molar-refractivity contribution in [2.75, 3.05) is 25.0 Å². The van der Waals surface area contributed by atoms with Gasteiger partial charge >= 0.3 is 24.1 Å². The molecule has 50 heavy (non-hydrogen) atoms. The smallest absolute Gasteiger partial charge is 0.490 e. The Hall–Kier alpha value is -5.31. The number of aliphatic carboxylic acids is 1. The molecular formula is C35H41F3N4O8. The summed E-state index contributed by atoms with van der Waals surface area (Å²) in [5.74, 6) is -3.17. The number of alkyl halides is 3. The number of phenols is 2. The molecule has 3 aromatic carbocycles. The Morgan fingerprint density at radius 2 is 1.42 bits per heavy atom. The highest BCUT2D eigenvalue weighted by atomic mass is 19.4. The minimum atomic E-state index is -5.08. The number of aromatic hydroxyl groups is 2. The molecule has 1 aliphatic heterocycles. The van der Waals surface area contributed by atoms with Crippen LogP contribution in [0, 0.1) is 5.41 Å². The van der Waals surface area contributed by atoms with E-state index < -0.39 is 30.2 Å². The number of benzene rings is 3. The van der Waals surface area contributed by atoms with Crippen molar-refractivity contribution in [3.05, 3.63) is 89.5 Å². The van der Waals surface area contributed by atoms with Crippen LogP contribution in [0.5, 0.6) is 11.5 Å². The number of carboxylic acid groups (broad SMARTS) is 1. The van der Waals surface area contributed by atoms with Crippen LogP contribution in [-0.4, -0.2) is 82.1 Å². The molecule has 1 heterocycles.